The van der Waals surface area contributed by atoms with Crippen LogP contribution in [-0.4, -0.2) is 73.9 Å². The van der Waals surface area contributed by atoms with E-state index in [1.165, 1.54) is 12.0 Å². The summed E-state index contributed by atoms with van der Waals surface area (Å²) in [6, 6.07) is 20.5. The standard InChI is InChI=1S/C32H40N4O4/c1-22-9-11-23(12-10-22)20-28(30(37)34-40-4)35(2)32(39)29(36(3)31(38)26-15-17-33-18-16-26)21-24-13-14-25-7-5-6-8-27(25)19-24/h5-14,19,26,28-29,33H,15-18,20-21H2,1-4H3,(H,34,37)/t28-,29-/m1/s1. The van der Waals surface area contributed by atoms with Gasteiger partial charge in [-0.1, -0.05) is 72.3 Å². The Bertz CT molecular complexity index is 1320. The number of carbonyl (C=O) groups excluding carboxylic acids is 3. The van der Waals surface area contributed by atoms with Crippen LogP contribution in [0.5, 0.6) is 0 Å². The predicted octanol–water partition coefficient (Wildman–Crippen LogP) is 3.26. The molecule has 8 nitrogen and oxygen atoms in total. The number of hydrogen-bond donors (Lipinski definition) is 2. The van der Waals surface area contributed by atoms with Crippen LogP contribution in [0.25, 0.3) is 10.8 Å². The molecule has 1 aliphatic rings. The van der Waals surface area contributed by atoms with Crippen molar-refractivity contribution in [2.45, 2.75) is 44.7 Å². The molecule has 1 fully saturated rings. The number of benzene rings is 3. The van der Waals surface area contributed by atoms with Crippen molar-refractivity contribution in [2.24, 2.45) is 5.92 Å². The molecule has 0 unspecified atom stereocenters. The topological polar surface area (TPSA) is 91.0 Å². The van der Waals surface area contributed by atoms with Gasteiger partial charge in [0, 0.05) is 32.9 Å². The molecule has 0 aromatic heterocycles. The second-order valence-electron chi connectivity index (χ2n) is 10.7. The third kappa shape index (κ3) is 7.06. The second kappa shape index (κ2) is 13.5. The number of nitrogens with one attached hydrogen (secondary N) is 2. The Kier molecular flexibility index (Phi) is 9.90. The monoisotopic (exact) mass is 544 g/mol. The van der Waals surface area contributed by atoms with Crippen LogP contribution >= 0.6 is 0 Å². The van der Waals surface area contributed by atoms with Crippen LogP contribution in [0.2, 0.25) is 0 Å². The molecule has 1 saturated heterocycles. The zero-order valence-corrected chi connectivity index (χ0v) is 23.9. The van der Waals surface area contributed by atoms with Crippen LogP contribution < -0.4 is 10.8 Å². The fourth-order valence-corrected chi connectivity index (χ4v) is 5.40. The van der Waals surface area contributed by atoms with Gasteiger partial charge in [0.1, 0.15) is 12.1 Å². The summed E-state index contributed by atoms with van der Waals surface area (Å²) in [7, 11) is 4.72. The van der Waals surface area contributed by atoms with E-state index in [2.05, 4.69) is 16.9 Å². The summed E-state index contributed by atoms with van der Waals surface area (Å²) in [6.07, 6.45) is 2.13. The number of nitrogens with zero attached hydrogens (tertiary/aromatic N) is 2. The molecule has 3 aromatic carbocycles. The molecule has 0 bridgehead atoms. The average Bonchev–Trinajstić information content (AvgIpc) is 2.98. The number of amides is 3. The van der Waals surface area contributed by atoms with Crippen LogP contribution in [0.3, 0.4) is 0 Å². The molecule has 2 atom stereocenters. The summed E-state index contributed by atoms with van der Waals surface area (Å²) in [5.41, 5.74) is 5.39. The molecular weight excluding hydrogens is 504 g/mol. The van der Waals surface area contributed by atoms with E-state index >= 15 is 0 Å². The second-order valence-corrected chi connectivity index (χ2v) is 10.7. The van der Waals surface area contributed by atoms with E-state index < -0.39 is 18.0 Å². The van der Waals surface area contributed by atoms with E-state index in [-0.39, 0.29) is 17.7 Å². The lowest BCUT2D eigenvalue weighted by atomic mass is 9.94. The predicted molar refractivity (Wildman–Crippen MR) is 156 cm³/mol. The van der Waals surface area contributed by atoms with E-state index in [1.807, 2.05) is 67.6 Å². The highest BCUT2D eigenvalue weighted by Gasteiger charge is 2.37. The minimum Gasteiger partial charge on any atom is -0.333 e. The molecule has 1 heterocycles. The van der Waals surface area contributed by atoms with Gasteiger partial charge in [0.15, 0.2) is 0 Å². The molecule has 8 heteroatoms. The van der Waals surface area contributed by atoms with Gasteiger partial charge in [0.25, 0.3) is 5.91 Å². The minimum atomic E-state index is -0.823. The molecule has 3 amide bonds. The van der Waals surface area contributed by atoms with E-state index in [9.17, 15) is 14.4 Å². The smallest absolute Gasteiger partial charge is 0.266 e. The van der Waals surface area contributed by atoms with Gasteiger partial charge < -0.3 is 15.1 Å². The number of aryl methyl sites for hydroxylation is 1. The maximum Gasteiger partial charge on any atom is 0.266 e. The third-order valence-electron chi connectivity index (χ3n) is 7.90. The summed E-state index contributed by atoms with van der Waals surface area (Å²) in [6.45, 7) is 3.56. The fraction of sp³-hybridized carbons (Fsp3) is 0.406. The largest absolute Gasteiger partial charge is 0.333 e. The molecule has 3 aromatic rings. The molecule has 0 radical (unpaired) electrons. The van der Waals surface area contributed by atoms with Crippen molar-refractivity contribution in [1.82, 2.24) is 20.6 Å². The van der Waals surface area contributed by atoms with Crippen LogP contribution in [-0.2, 0) is 32.1 Å². The molecule has 2 N–H and O–H groups in total. The normalized spacial score (nSPS) is 15.3. The van der Waals surface area contributed by atoms with E-state index in [0.717, 1.165) is 53.4 Å². The first-order valence-electron chi connectivity index (χ1n) is 13.9. The summed E-state index contributed by atoms with van der Waals surface area (Å²) >= 11 is 0. The summed E-state index contributed by atoms with van der Waals surface area (Å²) in [5, 5.41) is 5.48. The first-order chi connectivity index (χ1) is 19.3. The SMILES string of the molecule is CONC(=O)[C@@H](Cc1ccc(C)cc1)N(C)C(=O)[C@@H](Cc1ccc2ccccc2c1)N(C)C(=O)C1CCNCC1. The summed E-state index contributed by atoms with van der Waals surface area (Å²) in [4.78, 5) is 49.0. The quantitative estimate of drug-likeness (QED) is 0.383. The number of hydroxylamine groups is 1. The zero-order valence-electron chi connectivity index (χ0n) is 23.9. The van der Waals surface area contributed by atoms with Crippen LogP contribution in [0.15, 0.2) is 66.7 Å². The van der Waals surface area contributed by atoms with Crippen LogP contribution in [0, 0.1) is 12.8 Å². The lowest BCUT2D eigenvalue weighted by Crippen LogP contribution is -2.56. The van der Waals surface area contributed by atoms with Gasteiger partial charge in [0.05, 0.1) is 7.11 Å². The Morgan fingerprint density at radius 3 is 2.17 bits per heavy atom. The molecule has 1 aliphatic heterocycles. The molecule has 212 valence electrons. The van der Waals surface area contributed by atoms with Gasteiger partial charge in [-0.2, -0.15) is 0 Å². The van der Waals surface area contributed by atoms with Crippen molar-refractivity contribution in [3.8, 4) is 0 Å². The molecule has 0 saturated carbocycles. The van der Waals surface area contributed by atoms with Crippen molar-refractivity contribution in [2.75, 3.05) is 34.3 Å². The summed E-state index contributed by atoms with van der Waals surface area (Å²) in [5.74, 6) is -0.883. The first-order valence-corrected chi connectivity index (χ1v) is 13.9. The Morgan fingerprint density at radius 2 is 1.50 bits per heavy atom. The van der Waals surface area contributed by atoms with Crippen molar-refractivity contribution < 1.29 is 19.2 Å². The van der Waals surface area contributed by atoms with Gasteiger partial charge >= 0.3 is 0 Å². The highest BCUT2D eigenvalue weighted by atomic mass is 16.6. The third-order valence-corrected chi connectivity index (χ3v) is 7.90. The Hall–Kier alpha value is -3.75. The summed E-state index contributed by atoms with van der Waals surface area (Å²) < 4.78 is 0. The fourth-order valence-electron chi connectivity index (χ4n) is 5.40. The maximum absolute atomic E-state index is 14.2. The van der Waals surface area contributed by atoms with Crippen molar-refractivity contribution in [3.63, 3.8) is 0 Å². The molecule has 40 heavy (non-hydrogen) atoms. The number of likely N-dealkylation sites (N-methyl/N-ethyl adjacent to an activating group) is 2. The highest BCUT2D eigenvalue weighted by molar-refractivity contribution is 5.92. The van der Waals surface area contributed by atoms with Crippen molar-refractivity contribution >= 4 is 28.5 Å². The number of carbonyl (C=O) groups is 3. The van der Waals surface area contributed by atoms with Crippen molar-refractivity contribution in [3.05, 3.63) is 83.4 Å². The number of piperidine rings is 1. The lowest BCUT2D eigenvalue weighted by Gasteiger charge is -2.36. The van der Waals surface area contributed by atoms with Crippen molar-refractivity contribution in [1.29, 1.82) is 0 Å². The molecule has 0 spiro atoms. The highest BCUT2D eigenvalue weighted by Crippen LogP contribution is 2.22. The van der Waals surface area contributed by atoms with E-state index in [4.69, 9.17) is 4.84 Å². The molecule has 0 aliphatic carbocycles. The van der Waals surface area contributed by atoms with Gasteiger partial charge in [0.2, 0.25) is 11.8 Å². The Labute approximate surface area is 236 Å². The lowest BCUT2D eigenvalue weighted by molar-refractivity contribution is -0.151. The first kappa shape index (κ1) is 29.2. The van der Waals surface area contributed by atoms with E-state index in [0.29, 0.717) is 12.8 Å². The van der Waals surface area contributed by atoms with E-state index in [1.54, 1.807) is 19.0 Å². The van der Waals surface area contributed by atoms with Crippen LogP contribution in [0.4, 0.5) is 0 Å². The Morgan fingerprint density at radius 1 is 0.875 bits per heavy atom. The Balaban J connectivity index is 1.64. The molecular formula is C32H40N4O4. The average molecular weight is 545 g/mol. The number of fused-ring (bicyclic) bond motifs is 1. The van der Waals surface area contributed by atoms with Gasteiger partial charge in [-0.15, -0.1) is 0 Å². The van der Waals surface area contributed by atoms with Crippen LogP contribution in [0.1, 0.15) is 29.5 Å². The van der Waals surface area contributed by atoms with Gasteiger partial charge in [-0.05, 0) is 54.8 Å². The maximum atomic E-state index is 14.2. The van der Waals surface area contributed by atoms with Gasteiger partial charge in [-0.3, -0.25) is 19.2 Å². The molecule has 4 rings (SSSR count). The zero-order chi connectivity index (χ0) is 28.6. The number of hydrogen-bond acceptors (Lipinski definition) is 5. The van der Waals surface area contributed by atoms with Gasteiger partial charge in [-0.25, -0.2) is 5.48 Å². The minimum absolute atomic E-state index is 0.0366. The number of rotatable bonds is 10.